The summed E-state index contributed by atoms with van der Waals surface area (Å²) in [6, 6.07) is 5.70. The minimum atomic E-state index is -0.507. The standard InChI is InChI=1S/C13H20BrNO2/c1-10(16)12-6-5-11(14)9-13(12)17-8-4-7-15(2)3/h5-6,9-10,16H,4,7-8H2,1-3H3. The Bertz CT molecular complexity index is 353. The van der Waals surface area contributed by atoms with E-state index in [0.717, 1.165) is 28.8 Å². The molecule has 96 valence electrons. The van der Waals surface area contributed by atoms with Crippen molar-refractivity contribution in [2.24, 2.45) is 0 Å². The van der Waals surface area contributed by atoms with Gasteiger partial charge in [-0.05, 0) is 39.6 Å². The maximum absolute atomic E-state index is 9.64. The third-order valence-corrected chi connectivity index (χ3v) is 2.93. The van der Waals surface area contributed by atoms with Crippen LogP contribution in [0.15, 0.2) is 22.7 Å². The van der Waals surface area contributed by atoms with E-state index in [1.165, 1.54) is 0 Å². The van der Waals surface area contributed by atoms with Crippen molar-refractivity contribution >= 4 is 15.9 Å². The minimum Gasteiger partial charge on any atom is -0.493 e. The van der Waals surface area contributed by atoms with Gasteiger partial charge in [0.05, 0.1) is 12.7 Å². The van der Waals surface area contributed by atoms with Gasteiger partial charge < -0.3 is 14.7 Å². The molecular formula is C13H20BrNO2. The SMILES string of the molecule is CC(O)c1ccc(Br)cc1OCCCN(C)C. The highest BCUT2D eigenvalue weighted by Gasteiger charge is 2.09. The molecule has 0 saturated carbocycles. The minimum absolute atomic E-state index is 0.507. The van der Waals surface area contributed by atoms with Crippen molar-refractivity contribution in [2.45, 2.75) is 19.4 Å². The fourth-order valence-corrected chi connectivity index (χ4v) is 1.88. The van der Waals surface area contributed by atoms with Crippen LogP contribution in [0.25, 0.3) is 0 Å². The van der Waals surface area contributed by atoms with Gasteiger partial charge in [-0.25, -0.2) is 0 Å². The van der Waals surface area contributed by atoms with Crippen LogP contribution in [-0.2, 0) is 0 Å². The molecule has 0 fully saturated rings. The molecule has 0 aromatic heterocycles. The quantitative estimate of drug-likeness (QED) is 0.820. The summed E-state index contributed by atoms with van der Waals surface area (Å²) in [5, 5.41) is 9.64. The Morgan fingerprint density at radius 1 is 1.41 bits per heavy atom. The summed E-state index contributed by atoms with van der Waals surface area (Å²) in [4.78, 5) is 2.12. The molecule has 1 N–H and O–H groups in total. The molecule has 0 bridgehead atoms. The van der Waals surface area contributed by atoms with Gasteiger partial charge in [-0.3, -0.25) is 0 Å². The van der Waals surface area contributed by atoms with Gasteiger partial charge in [0.25, 0.3) is 0 Å². The lowest BCUT2D eigenvalue weighted by molar-refractivity contribution is 0.190. The molecule has 4 heteroatoms. The molecule has 1 unspecified atom stereocenters. The van der Waals surface area contributed by atoms with Crippen LogP contribution in [0, 0.1) is 0 Å². The van der Waals surface area contributed by atoms with Crippen molar-refractivity contribution in [3.05, 3.63) is 28.2 Å². The predicted molar refractivity (Wildman–Crippen MR) is 73.4 cm³/mol. The summed E-state index contributed by atoms with van der Waals surface area (Å²) in [6.45, 7) is 3.41. The van der Waals surface area contributed by atoms with Crippen LogP contribution in [0.3, 0.4) is 0 Å². The van der Waals surface area contributed by atoms with E-state index in [-0.39, 0.29) is 0 Å². The van der Waals surface area contributed by atoms with Gasteiger partial charge in [0.15, 0.2) is 0 Å². The number of aliphatic hydroxyl groups is 1. The zero-order valence-electron chi connectivity index (χ0n) is 10.6. The largest absolute Gasteiger partial charge is 0.493 e. The number of hydrogen-bond acceptors (Lipinski definition) is 3. The Morgan fingerprint density at radius 2 is 2.12 bits per heavy atom. The van der Waals surface area contributed by atoms with Crippen molar-refractivity contribution in [1.82, 2.24) is 4.90 Å². The van der Waals surface area contributed by atoms with Crippen molar-refractivity contribution in [1.29, 1.82) is 0 Å². The first-order valence-electron chi connectivity index (χ1n) is 5.75. The van der Waals surface area contributed by atoms with E-state index in [1.807, 2.05) is 32.3 Å². The molecule has 0 aliphatic heterocycles. The second-order valence-electron chi connectivity index (χ2n) is 4.36. The number of rotatable bonds is 6. The smallest absolute Gasteiger partial charge is 0.126 e. The van der Waals surface area contributed by atoms with Crippen LogP contribution in [0.1, 0.15) is 25.0 Å². The summed E-state index contributed by atoms with van der Waals surface area (Å²) < 4.78 is 6.68. The third-order valence-electron chi connectivity index (χ3n) is 2.43. The van der Waals surface area contributed by atoms with Gasteiger partial charge in [0.2, 0.25) is 0 Å². The first-order chi connectivity index (χ1) is 8.00. The number of nitrogens with zero attached hydrogens (tertiary/aromatic N) is 1. The molecule has 0 spiro atoms. The Hall–Kier alpha value is -0.580. The molecule has 1 aromatic rings. The zero-order valence-corrected chi connectivity index (χ0v) is 12.2. The highest BCUT2D eigenvalue weighted by molar-refractivity contribution is 9.10. The van der Waals surface area contributed by atoms with E-state index in [0.29, 0.717) is 6.61 Å². The molecular weight excluding hydrogens is 282 g/mol. The number of hydrogen-bond donors (Lipinski definition) is 1. The summed E-state index contributed by atoms with van der Waals surface area (Å²) in [6.07, 6.45) is 0.464. The fourth-order valence-electron chi connectivity index (χ4n) is 1.54. The van der Waals surface area contributed by atoms with Crippen molar-refractivity contribution < 1.29 is 9.84 Å². The molecule has 3 nitrogen and oxygen atoms in total. The highest BCUT2D eigenvalue weighted by Crippen LogP contribution is 2.28. The average Bonchev–Trinajstić information content (AvgIpc) is 2.23. The van der Waals surface area contributed by atoms with E-state index in [2.05, 4.69) is 20.8 Å². The van der Waals surface area contributed by atoms with Crippen LogP contribution in [0.2, 0.25) is 0 Å². The fraction of sp³-hybridized carbons (Fsp3) is 0.538. The van der Waals surface area contributed by atoms with E-state index in [1.54, 1.807) is 6.92 Å². The lowest BCUT2D eigenvalue weighted by Crippen LogP contribution is -2.15. The van der Waals surface area contributed by atoms with E-state index in [4.69, 9.17) is 4.74 Å². The molecule has 0 aliphatic rings. The average molecular weight is 302 g/mol. The van der Waals surface area contributed by atoms with Crippen LogP contribution >= 0.6 is 15.9 Å². The van der Waals surface area contributed by atoms with Gasteiger partial charge >= 0.3 is 0 Å². The molecule has 1 aromatic carbocycles. The number of halogens is 1. The molecule has 0 heterocycles. The highest BCUT2D eigenvalue weighted by atomic mass is 79.9. The Balaban J connectivity index is 2.59. The Kier molecular flexibility index (Phi) is 5.95. The van der Waals surface area contributed by atoms with E-state index >= 15 is 0 Å². The van der Waals surface area contributed by atoms with Gasteiger partial charge in [-0.15, -0.1) is 0 Å². The molecule has 1 atom stereocenters. The maximum atomic E-state index is 9.64. The van der Waals surface area contributed by atoms with Crippen LogP contribution in [0.4, 0.5) is 0 Å². The van der Waals surface area contributed by atoms with Crippen molar-refractivity contribution in [3.8, 4) is 5.75 Å². The van der Waals surface area contributed by atoms with E-state index < -0.39 is 6.10 Å². The molecule has 1 rings (SSSR count). The number of ether oxygens (including phenoxy) is 1. The zero-order chi connectivity index (χ0) is 12.8. The van der Waals surface area contributed by atoms with Crippen molar-refractivity contribution in [3.63, 3.8) is 0 Å². The lowest BCUT2D eigenvalue weighted by atomic mass is 10.1. The molecule has 0 radical (unpaired) electrons. The summed E-state index contributed by atoms with van der Waals surface area (Å²) >= 11 is 3.41. The number of aliphatic hydroxyl groups excluding tert-OH is 1. The van der Waals surface area contributed by atoms with Gasteiger partial charge in [0.1, 0.15) is 5.75 Å². The molecule has 0 aliphatic carbocycles. The Labute approximate surface area is 112 Å². The van der Waals surface area contributed by atoms with E-state index in [9.17, 15) is 5.11 Å². The predicted octanol–water partition coefficient (Wildman–Crippen LogP) is 2.83. The Morgan fingerprint density at radius 3 is 2.71 bits per heavy atom. The van der Waals surface area contributed by atoms with Gasteiger partial charge in [0, 0.05) is 16.6 Å². The second-order valence-corrected chi connectivity index (χ2v) is 5.28. The van der Waals surface area contributed by atoms with Gasteiger partial charge in [-0.1, -0.05) is 22.0 Å². The molecule has 0 amide bonds. The van der Waals surface area contributed by atoms with Gasteiger partial charge in [-0.2, -0.15) is 0 Å². The third kappa shape index (κ3) is 5.06. The normalized spacial score (nSPS) is 12.8. The lowest BCUT2D eigenvalue weighted by Gasteiger charge is -2.15. The van der Waals surface area contributed by atoms with Crippen LogP contribution < -0.4 is 4.74 Å². The summed E-state index contributed by atoms with van der Waals surface area (Å²) in [5.74, 6) is 0.758. The monoisotopic (exact) mass is 301 g/mol. The topological polar surface area (TPSA) is 32.7 Å². The molecule has 17 heavy (non-hydrogen) atoms. The van der Waals surface area contributed by atoms with Crippen molar-refractivity contribution in [2.75, 3.05) is 27.2 Å². The summed E-state index contributed by atoms with van der Waals surface area (Å²) in [5.41, 5.74) is 0.832. The first kappa shape index (κ1) is 14.5. The maximum Gasteiger partial charge on any atom is 0.126 e. The number of benzene rings is 1. The molecule has 0 saturated heterocycles. The first-order valence-corrected chi connectivity index (χ1v) is 6.55. The summed E-state index contributed by atoms with van der Waals surface area (Å²) in [7, 11) is 4.08. The van der Waals surface area contributed by atoms with Crippen LogP contribution in [-0.4, -0.2) is 37.3 Å². The second kappa shape index (κ2) is 6.99. The van der Waals surface area contributed by atoms with Crippen LogP contribution in [0.5, 0.6) is 5.75 Å².